The molecule has 0 aromatic carbocycles. The lowest BCUT2D eigenvalue weighted by Crippen LogP contribution is -1.97. The van der Waals surface area contributed by atoms with Crippen molar-refractivity contribution in [1.29, 1.82) is 0 Å². The molecule has 0 aliphatic carbocycles. The van der Waals surface area contributed by atoms with E-state index in [2.05, 4.69) is 15.9 Å². The van der Waals surface area contributed by atoms with Crippen molar-refractivity contribution in [1.82, 2.24) is 0 Å². The van der Waals surface area contributed by atoms with Crippen LogP contribution in [0.5, 0.6) is 0 Å². The van der Waals surface area contributed by atoms with Gasteiger partial charge in [0.25, 0.3) is 0 Å². The molecule has 0 spiro atoms. The smallest absolute Gasteiger partial charge is 0.0931 e. The van der Waals surface area contributed by atoms with Gasteiger partial charge < -0.3 is 5.11 Å². The van der Waals surface area contributed by atoms with Gasteiger partial charge in [-0.05, 0) is 46.6 Å². The molecule has 2 aromatic heterocycles. The molecule has 1 nitrogen and oxygen atoms in total. The number of aliphatic hydroxyl groups excluding tert-OH is 1. The van der Waals surface area contributed by atoms with Gasteiger partial charge in [-0.15, -0.1) is 22.7 Å². The van der Waals surface area contributed by atoms with Crippen molar-refractivity contribution < 1.29 is 5.11 Å². The zero-order valence-corrected chi connectivity index (χ0v) is 12.5. The van der Waals surface area contributed by atoms with Crippen LogP contribution in [0.1, 0.15) is 21.4 Å². The molecule has 1 unspecified atom stereocenters. The lowest BCUT2D eigenvalue weighted by molar-refractivity contribution is 0.183. The number of halogens is 2. The van der Waals surface area contributed by atoms with E-state index in [1.54, 1.807) is 11.3 Å². The molecule has 0 bridgehead atoms. The number of hydrogen-bond acceptors (Lipinski definition) is 3. The zero-order valence-electron chi connectivity index (χ0n) is 8.54. The van der Waals surface area contributed by atoms with Gasteiger partial charge in [0, 0.05) is 16.2 Å². The lowest BCUT2D eigenvalue weighted by Gasteiger charge is -2.05. The maximum absolute atomic E-state index is 10.1. The lowest BCUT2D eigenvalue weighted by atomic mass is 10.2. The molecule has 86 valence electrons. The highest BCUT2D eigenvalue weighted by atomic mass is 79.9. The van der Waals surface area contributed by atoms with E-state index < -0.39 is 6.10 Å². The Hall–Kier alpha value is 0.130. The van der Waals surface area contributed by atoms with Crippen LogP contribution < -0.4 is 0 Å². The van der Waals surface area contributed by atoms with Crippen LogP contribution in [0.3, 0.4) is 0 Å². The highest BCUT2D eigenvalue weighted by molar-refractivity contribution is 9.11. The van der Waals surface area contributed by atoms with Gasteiger partial charge in [-0.25, -0.2) is 0 Å². The number of rotatable bonds is 3. The Morgan fingerprint density at radius 3 is 2.69 bits per heavy atom. The highest BCUT2D eigenvalue weighted by Gasteiger charge is 2.14. The maximum atomic E-state index is 10.1. The van der Waals surface area contributed by atoms with Crippen molar-refractivity contribution in [2.24, 2.45) is 0 Å². The predicted octanol–water partition coefficient (Wildman–Crippen LogP) is 4.81. The Morgan fingerprint density at radius 2 is 2.19 bits per heavy atom. The van der Waals surface area contributed by atoms with Crippen molar-refractivity contribution in [2.45, 2.75) is 19.4 Å². The van der Waals surface area contributed by atoms with Gasteiger partial charge in [0.2, 0.25) is 0 Å². The molecule has 1 N–H and O–H groups in total. The molecule has 0 aliphatic rings. The van der Waals surface area contributed by atoms with E-state index in [1.165, 1.54) is 16.9 Å². The standard InChI is InChI=1S/C11H10BrClOS2/c1-6-4-9(16-11(6)12)8(14)5-7-2-3-10(13)15-7/h2-4,8,14H,5H2,1H3. The summed E-state index contributed by atoms with van der Waals surface area (Å²) in [7, 11) is 0. The van der Waals surface area contributed by atoms with Crippen LogP contribution in [0.4, 0.5) is 0 Å². The summed E-state index contributed by atoms with van der Waals surface area (Å²) in [6, 6.07) is 5.85. The Kier molecular flexibility index (Phi) is 4.08. The van der Waals surface area contributed by atoms with Gasteiger partial charge in [0.15, 0.2) is 0 Å². The third kappa shape index (κ3) is 2.87. The van der Waals surface area contributed by atoms with Crippen LogP contribution in [-0.4, -0.2) is 5.11 Å². The first-order valence-corrected chi connectivity index (χ1v) is 7.55. The fraction of sp³-hybridized carbons (Fsp3) is 0.273. The van der Waals surface area contributed by atoms with Gasteiger partial charge in [-0.1, -0.05) is 11.6 Å². The van der Waals surface area contributed by atoms with Gasteiger partial charge in [-0.3, -0.25) is 0 Å². The quantitative estimate of drug-likeness (QED) is 0.852. The van der Waals surface area contributed by atoms with Gasteiger partial charge in [0.1, 0.15) is 0 Å². The molecule has 0 aliphatic heterocycles. The zero-order chi connectivity index (χ0) is 11.7. The van der Waals surface area contributed by atoms with E-state index in [9.17, 15) is 5.11 Å². The van der Waals surface area contributed by atoms with Gasteiger partial charge in [-0.2, -0.15) is 0 Å². The first kappa shape index (κ1) is 12.6. The van der Waals surface area contributed by atoms with Crippen molar-refractivity contribution in [3.05, 3.63) is 41.6 Å². The normalized spacial score (nSPS) is 13.0. The summed E-state index contributed by atoms with van der Waals surface area (Å²) in [5.74, 6) is 0. The van der Waals surface area contributed by atoms with Crippen LogP contribution in [0, 0.1) is 6.92 Å². The molecule has 0 fully saturated rings. The SMILES string of the molecule is Cc1cc(C(O)Cc2ccc(Cl)s2)sc1Br. The van der Waals surface area contributed by atoms with Gasteiger partial charge in [0.05, 0.1) is 14.2 Å². The minimum Gasteiger partial charge on any atom is -0.387 e. The van der Waals surface area contributed by atoms with E-state index >= 15 is 0 Å². The van der Waals surface area contributed by atoms with Crippen molar-refractivity contribution in [3.8, 4) is 0 Å². The summed E-state index contributed by atoms with van der Waals surface area (Å²) >= 11 is 12.4. The summed E-state index contributed by atoms with van der Waals surface area (Å²) in [4.78, 5) is 2.11. The Balaban J connectivity index is 2.11. The van der Waals surface area contributed by atoms with Crippen LogP contribution in [0.15, 0.2) is 22.0 Å². The molecule has 0 radical (unpaired) electrons. The summed E-state index contributed by atoms with van der Waals surface area (Å²) in [5, 5.41) is 10.1. The highest BCUT2D eigenvalue weighted by Crippen LogP contribution is 2.34. The Bertz CT molecular complexity index is 472. The summed E-state index contributed by atoms with van der Waals surface area (Å²) < 4.78 is 1.86. The molecule has 2 heterocycles. The molecule has 0 saturated carbocycles. The summed E-state index contributed by atoms with van der Waals surface area (Å²) in [6.45, 7) is 2.03. The predicted molar refractivity (Wildman–Crippen MR) is 74.7 cm³/mol. The third-order valence-corrected chi connectivity index (χ3v) is 5.72. The maximum Gasteiger partial charge on any atom is 0.0931 e. The van der Waals surface area contributed by atoms with E-state index in [4.69, 9.17) is 11.6 Å². The van der Waals surface area contributed by atoms with Crippen molar-refractivity contribution in [2.75, 3.05) is 0 Å². The molecule has 2 aromatic rings. The first-order chi connectivity index (χ1) is 7.56. The average Bonchev–Trinajstić information content (AvgIpc) is 2.75. The van der Waals surface area contributed by atoms with E-state index in [0.29, 0.717) is 6.42 Å². The van der Waals surface area contributed by atoms with E-state index in [-0.39, 0.29) is 0 Å². The molecular weight excluding hydrogens is 328 g/mol. The second-order valence-electron chi connectivity index (χ2n) is 3.53. The minimum atomic E-state index is -0.440. The molecule has 1 atom stereocenters. The molecule has 16 heavy (non-hydrogen) atoms. The first-order valence-electron chi connectivity index (χ1n) is 4.74. The van der Waals surface area contributed by atoms with Gasteiger partial charge >= 0.3 is 0 Å². The number of aryl methyl sites for hydroxylation is 1. The molecule has 5 heteroatoms. The van der Waals surface area contributed by atoms with E-state index in [0.717, 1.165) is 17.9 Å². The van der Waals surface area contributed by atoms with Crippen LogP contribution >= 0.6 is 50.2 Å². The largest absolute Gasteiger partial charge is 0.387 e. The molecular formula is C11H10BrClOS2. The fourth-order valence-corrected chi connectivity index (χ4v) is 4.08. The molecule has 0 amide bonds. The van der Waals surface area contributed by atoms with Crippen LogP contribution in [0.25, 0.3) is 0 Å². The Morgan fingerprint density at radius 1 is 1.44 bits per heavy atom. The number of thiophene rings is 2. The van der Waals surface area contributed by atoms with Crippen LogP contribution in [0.2, 0.25) is 4.34 Å². The summed E-state index contributed by atoms with van der Waals surface area (Å²) in [5.41, 5.74) is 1.17. The topological polar surface area (TPSA) is 20.2 Å². The fourth-order valence-electron chi connectivity index (χ4n) is 1.40. The number of aliphatic hydroxyl groups is 1. The third-order valence-electron chi connectivity index (χ3n) is 2.23. The monoisotopic (exact) mass is 336 g/mol. The minimum absolute atomic E-state index is 0.440. The average molecular weight is 338 g/mol. The number of hydrogen-bond donors (Lipinski definition) is 1. The second-order valence-corrected chi connectivity index (χ2v) is 7.73. The Labute approximate surface area is 116 Å². The summed E-state index contributed by atoms with van der Waals surface area (Å²) in [6.07, 6.45) is 0.189. The van der Waals surface area contributed by atoms with Crippen LogP contribution in [-0.2, 0) is 6.42 Å². The van der Waals surface area contributed by atoms with E-state index in [1.807, 2.05) is 25.1 Å². The van der Waals surface area contributed by atoms with Crippen molar-refractivity contribution in [3.63, 3.8) is 0 Å². The molecule has 0 saturated heterocycles. The second kappa shape index (κ2) is 5.19. The van der Waals surface area contributed by atoms with Crippen molar-refractivity contribution >= 4 is 50.2 Å². The molecule has 2 rings (SSSR count).